The lowest BCUT2D eigenvalue weighted by atomic mass is 9.94. The standard InChI is InChI=1S/C35H68N2O2/c1-5-7-9-11-13-14-15-16-17-18-19-20-21-23-25-27-30-34(29-26-24-22-12-10-8-6-2)33-36-35(38)39-32-28-31-37(3)4/h13-14,16-17,34H,5-12,15,18-33H2,1-4H3,(H,36,38)/b14-13-,17-16-. The Morgan fingerprint density at radius 1 is 0.667 bits per heavy atom. The van der Waals surface area contributed by atoms with Crippen molar-refractivity contribution in [2.24, 2.45) is 5.92 Å². The zero-order valence-corrected chi connectivity index (χ0v) is 26.8. The molecule has 4 nitrogen and oxygen atoms in total. The second kappa shape index (κ2) is 31.2. The fraction of sp³-hybridized carbons (Fsp3) is 0.857. The highest BCUT2D eigenvalue weighted by atomic mass is 16.5. The molecule has 0 aliphatic carbocycles. The minimum Gasteiger partial charge on any atom is -0.450 e. The predicted octanol–water partition coefficient (Wildman–Crippen LogP) is 10.6. The summed E-state index contributed by atoms with van der Waals surface area (Å²) < 4.78 is 5.37. The zero-order chi connectivity index (χ0) is 28.7. The lowest BCUT2D eigenvalue weighted by molar-refractivity contribution is 0.139. The van der Waals surface area contributed by atoms with Gasteiger partial charge >= 0.3 is 6.09 Å². The van der Waals surface area contributed by atoms with Crippen LogP contribution in [0.3, 0.4) is 0 Å². The topological polar surface area (TPSA) is 41.6 Å². The summed E-state index contributed by atoms with van der Waals surface area (Å²) in [6.45, 7) is 6.75. The van der Waals surface area contributed by atoms with E-state index in [-0.39, 0.29) is 6.09 Å². The number of carbonyl (C=O) groups excluding carboxylic acids is 1. The lowest BCUT2D eigenvalue weighted by Crippen LogP contribution is -2.30. The molecule has 0 heterocycles. The Morgan fingerprint density at radius 2 is 1.15 bits per heavy atom. The maximum atomic E-state index is 12.1. The first-order valence-electron chi connectivity index (χ1n) is 16.9. The summed E-state index contributed by atoms with van der Waals surface area (Å²) in [4.78, 5) is 14.3. The number of nitrogens with one attached hydrogen (secondary N) is 1. The molecule has 39 heavy (non-hydrogen) atoms. The van der Waals surface area contributed by atoms with E-state index in [0.29, 0.717) is 12.5 Å². The highest BCUT2D eigenvalue weighted by Crippen LogP contribution is 2.19. The molecule has 230 valence electrons. The molecule has 4 heteroatoms. The van der Waals surface area contributed by atoms with Crippen LogP contribution in [-0.2, 0) is 4.74 Å². The SMILES string of the molecule is CCCCC/C=C\C/C=C\CCCCCCCCC(CCCCCCCCC)CNC(=O)OCCCN(C)C. The van der Waals surface area contributed by atoms with Crippen LogP contribution in [0.5, 0.6) is 0 Å². The minimum absolute atomic E-state index is 0.240. The molecule has 0 aliphatic rings. The van der Waals surface area contributed by atoms with Crippen LogP contribution in [0.1, 0.15) is 155 Å². The van der Waals surface area contributed by atoms with E-state index in [0.717, 1.165) is 25.9 Å². The summed E-state index contributed by atoms with van der Waals surface area (Å²) in [5, 5.41) is 3.06. The molecular weight excluding hydrogens is 480 g/mol. The van der Waals surface area contributed by atoms with Crippen LogP contribution in [0.25, 0.3) is 0 Å². The molecule has 0 radical (unpaired) electrons. The van der Waals surface area contributed by atoms with Crippen molar-refractivity contribution in [1.82, 2.24) is 10.2 Å². The van der Waals surface area contributed by atoms with Gasteiger partial charge in [-0.25, -0.2) is 4.79 Å². The summed E-state index contributed by atoms with van der Waals surface area (Å²) in [5.74, 6) is 0.584. The molecule has 1 unspecified atom stereocenters. The van der Waals surface area contributed by atoms with Crippen molar-refractivity contribution in [1.29, 1.82) is 0 Å². The monoisotopic (exact) mass is 549 g/mol. The third-order valence-electron chi connectivity index (χ3n) is 7.55. The quantitative estimate of drug-likeness (QED) is 0.0746. The van der Waals surface area contributed by atoms with Gasteiger partial charge in [0.2, 0.25) is 0 Å². The van der Waals surface area contributed by atoms with Crippen LogP contribution in [0.4, 0.5) is 4.79 Å². The van der Waals surface area contributed by atoms with Crippen LogP contribution in [0.15, 0.2) is 24.3 Å². The van der Waals surface area contributed by atoms with E-state index in [9.17, 15) is 4.79 Å². The number of nitrogens with zero attached hydrogens (tertiary/aromatic N) is 1. The molecule has 1 amide bonds. The second-order valence-corrected chi connectivity index (χ2v) is 11.8. The zero-order valence-electron chi connectivity index (χ0n) is 26.8. The Bertz CT molecular complexity index is 559. The Morgan fingerprint density at radius 3 is 1.72 bits per heavy atom. The van der Waals surface area contributed by atoms with Gasteiger partial charge in [-0.05, 0) is 71.4 Å². The van der Waals surface area contributed by atoms with Gasteiger partial charge in [-0.1, -0.05) is 128 Å². The van der Waals surface area contributed by atoms with Gasteiger partial charge in [-0.2, -0.15) is 0 Å². The number of ether oxygens (including phenoxy) is 1. The van der Waals surface area contributed by atoms with E-state index in [1.54, 1.807) is 0 Å². The number of allylic oxidation sites excluding steroid dienone is 4. The highest BCUT2D eigenvalue weighted by Gasteiger charge is 2.11. The molecule has 0 fully saturated rings. The van der Waals surface area contributed by atoms with Crippen molar-refractivity contribution >= 4 is 6.09 Å². The molecule has 0 saturated carbocycles. The molecule has 0 aromatic carbocycles. The van der Waals surface area contributed by atoms with E-state index < -0.39 is 0 Å². The van der Waals surface area contributed by atoms with Crippen LogP contribution < -0.4 is 5.32 Å². The maximum absolute atomic E-state index is 12.1. The average Bonchev–Trinajstić information content (AvgIpc) is 2.92. The number of carbonyl (C=O) groups is 1. The van der Waals surface area contributed by atoms with E-state index >= 15 is 0 Å². The molecule has 0 bridgehead atoms. The van der Waals surface area contributed by atoms with Crippen molar-refractivity contribution in [2.75, 3.05) is 33.8 Å². The van der Waals surface area contributed by atoms with Crippen LogP contribution in [0, 0.1) is 5.92 Å². The summed E-state index contributed by atoms with van der Waals surface area (Å²) in [7, 11) is 4.09. The normalized spacial score (nSPS) is 12.6. The Kier molecular flexibility index (Phi) is 30.2. The van der Waals surface area contributed by atoms with Gasteiger partial charge in [0.1, 0.15) is 0 Å². The van der Waals surface area contributed by atoms with E-state index in [1.807, 2.05) is 14.1 Å². The van der Waals surface area contributed by atoms with Crippen molar-refractivity contribution < 1.29 is 9.53 Å². The molecule has 0 aromatic rings. The molecule has 1 N–H and O–H groups in total. The third kappa shape index (κ3) is 31.1. The molecular formula is C35H68N2O2. The first kappa shape index (κ1) is 37.7. The third-order valence-corrected chi connectivity index (χ3v) is 7.55. The molecule has 0 saturated heterocycles. The van der Waals surface area contributed by atoms with Crippen LogP contribution in [0.2, 0.25) is 0 Å². The molecule has 1 atom stereocenters. The van der Waals surface area contributed by atoms with Crippen LogP contribution >= 0.6 is 0 Å². The summed E-state index contributed by atoms with van der Waals surface area (Å²) in [6, 6.07) is 0. The maximum Gasteiger partial charge on any atom is 0.407 e. The molecule has 0 aromatic heterocycles. The largest absolute Gasteiger partial charge is 0.450 e. The van der Waals surface area contributed by atoms with Gasteiger partial charge < -0.3 is 15.0 Å². The highest BCUT2D eigenvalue weighted by molar-refractivity contribution is 5.67. The van der Waals surface area contributed by atoms with Crippen molar-refractivity contribution in [3.05, 3.63) is 24.3 Å². The Labute approximate surface area is 244 Å². The smallest absolute Gasteiger partial charge is 0.407 e. The lowest BCUT2D eigenvalue weighted by Gasteiger charge is -2.18. The Hall–Kier alpha value is -1.29. The first-order valence-corrected chi connectivity index (χ1v) is 16.9. The van der Waals surface area contributed by atoms with Crippen LogP contribution in [-0.4, -0.2) is 44.8 Å². The van der Waals surface area contributed by atoms with Gasteiger partial charge in [0.15, 0.2) is 0 Å². The summed E-state index contributed by atoms with van der Waals surface area (Å²) in [5.41, 5.74) is 0. The molecule has 0 spiro atoms. The fourth-order valence-electron chi connectivity index (χ4n) is 4.98. The number of hydrogen-bond donors (Lipinski definition) is 1. The fourth-order valence-corrected chi connectivity index (χ4v) is 4.98. The van der Waals surface area contributed by atoms with Gasteiger partial charge in [0.05, 0.1) is 6.61 Å². The van der Waals surface area contributed by atoms with Gasteiger partial charge in [0.25, 0.3) is 0 Å². The number of amides is 1. The predicted molar refractivity (Wildman–Crippen MR) is 173 cm³/mol. The summed E-state index contributed by atoms with van der Waals surface area (Å²) >= 11 is 0. The number of alkyl carbamates (subject to hydrolysis) is 1. The van der Waals surface area contributed by atoms with E-state index in [1.165, 1.54) is 128 Å². The van der Waals surface area contributed by atoms with Gasteiger partial charge in [-0.15, -0.1) is 0 Å². The number of unbranched alkanes of at least 4 members (excludes halogenated alkanes) is 15. The first-order chi connectivity index (χ1) is 19.1. The second-order valence-electron chi connectivity index (χ2n) is 11.8. The van der Waals surface area contributed by atoms with Crippen molar-refractivity contribution in [3.63, 3.8) is 0 Å². The molecule has 0 rings (SSSR count). The summed E-state index contributed by atoms with van der Waals surface area (Å²) in [6.07, 6.45) is 37.4. The van der Waals surface area contributed by atoms with E-state index in [2.05, 4.69) is 48.4 Å². The van der Waals surface area contributed by atoms with Gasteiger partial charge in [0, 0.05) is 13.1 Å². The minimum atomic E-state index is -0.240. The number of hydrogen-bond acceptors (Lipinski definition) is 3. The molecule has 0 aliphatic heterocycles. The van der Waals surface area contributed by atoms with Crippen molar-refractivity contribution in [3.8, 4) is 0 Å². The van der Waals surface area contributed by atoms with E-state index in [4.69, 9.17) is 4.74 Å². The number of rotatable bonds is 29. The average molecular weight is 549 g/mol. The Balaban J connectivity index is 3.98. The van der Waals surface area contributed by atoms with Crippen molar-refractivity contribution in [2.45, 2.75) is 155 Å². The van der Waals surface area contributed by atoms with Gasteiger partial charge in [-0.3, -0.25) is 0 Å².